The van der Waals surface area contributed by atoms with E-state index in [1.54, 1.807) is 0 Å². The van der Waals surface area contributed by atoms with Crippen molar-refractivity contribution in [1.82, 2.24) is 29.4 Å². The molecule has 0 aromatic carbocycles. The number of hydrogen-bond acceptors (Lipinski definition) is 6. The predicted octanol–water partition coefficient (Wildman–Crippen LogP) is 1.46. The molecule has 5 aliphatic heterocycles. The standard InChI is InChI=1S/C20H38N6/c1-17(2)9-21-10-18(3,4)25-14-26-16-22(12-20(26,7)8)11-19(5,6)24(16)13-23(17)15(21)25/h15-16H,9-14H2,1-8H3. The minimum absolute atomic E-state index is 0.221. The fourth-order valence-corrected chi connectivity index (χ4v) is 6.55. The molecule has 0 spiro atoms. The van der Waals surface area contributed by atoms with Gasteiger partial charge in [0.2, 0.25) is 0 Å². The van der Waals surface area contributed by atoms with E-state index in [1.165, 1.54) is 26.2 Å². The van der Waals surface area contributed by atoms with Crippen LogP contribution in [-0.2, 0) is 0 Å². The van der Waals surface area contributed by atoms with Gasteiger partial charge < -0.3 is 0 Å². The average molecular weight is 363 g/mol. The molecule has 148 valence electrons. The molecule has 0 radical (unpaired) electrons. The molecule has 0 amide bonds. The van der Waals surface area contributed by atoms with Crippen LogP contribution in [0.4, 0.5) is 0 Å². The third-order valence-electron chi connectivity index (χ3n) is 7.85. The molecule has 0 aromatic rings. The minimum atomic E-state index is 0.221. The largest absolute Gasteiger partial charge is 0.272 e. The summed E-state index contributed by atoms with van der Waals surface area (Å²) in [7, 11) is 0. The third kappa shape index (κ3) is 2.14. The Hall–Kier alpha value is -0.240. The molecule has 5 aliphatic rings. The van der Waals surface area contributed by atoms with E-state index in [2.05, 4.69) is 84.8 Å². The number of nitrogens with zero attached hydrogens (tertiary/aromatic N) is 6. The maximum atomic E-state index is 2.79. The van der Waals surface area contributed by atoms with Gasteiger partial charge in [0.05, 0.1) is 13.3 Å². The Morgan fingerprint density at radius 1 is 0.462 bits per heavy atom. The third-order valence-corrected chi connectivity index (χ3v) is 7.85. The van der Waals surface area contributed by atoms with Gasteiger partial charge in [0.15, 0.2) is 0 Å². The summed E-state index contributed by atoms with van der Waals surface area (Å²) in [6.07, 6.45) is 0.865. The van der Waals surface area contributed by atoms with Crippen LogP contribution in [0.3, 0.4) is 0 Å². The average Bonchev–Trinajstić information content (AvgIpc) is 2.94. The molecule has 6 heteroatoms. The van der Waals surface area contributed by atoms with Crippen molar-refractivity contribution >= 4 is 0 Å². The summed E-state index contributed by atoms with van der Waals surface area (Å²) in [5, 5.41) is 0. The van der Waals surface area contributed by atoms with Gasteiger partial charge in [-0.05, 0) is 55.4 Å². The van der Waals surface area contributed by atoms with Crippen molar-refractivity contribution in [3.05, 3.63) is 0 Å². The predicted molar refractivity (Wildman–Crippen MR) is 104 cm³/mol. The van der Waals surface area contributed by atoms with E-state index < -0.39 is 0 Å². The summed E-state index contributed by atoms with van der Waals surface area (Å²) in [5.41, 5.74) is 0.886. The molecule has 5 rings (SSSR count). The van der Waals surface area contributed by atoms with Crippen molar-refractivity contribution in [3.8, 4) is 0 Å². The second-order valence-electron chi connectivity index (χ2n) is 11.9. The fourth-order valence-electron chi connectivity index (χ4n) is 6.55. The Morgan fingerprint density at radius 2 is 0.692 bits per heavy atom. The zero-order chi connectivity index (χ0) is 18.9. The van der Waals surface area contributed by atoms with Crippen LogP contribution in [0.1, 0.15) is 55.4 Å². The van der Waals surface area contributed by atoms with Crippen LogP contribution < -0.4 is 0 Å². The second kappa shape index (κ2) is 4.84. The van der Waals surface area contributed by atoms with Gasteiger partial charge >= 0.3 is 0 Å². The van der Waals surface area contributed by atoms with Crippen molar-refractivity contribution in [2.24, 2.45) is 0 Å². The summed E-state index contributed by atoms with van der Waals surface area (Å²) in [6.45, 7) is 26.3. The Morgan fingerprint density at radius 3 is 0.923 bits per heavy atom. The van der Waals surface area contributed by atoms with Crippen LogP contribution >= 0.6 is 0 Å². The molecule has 5 saturated heterocycles. The first-order chi connectivity index (χ1) is 11.8. The smallest absolute Gasteiger partial charge is 0.122 e. The van der Waals surface area contributed by atoms with Crippen molar-refractivity contribution in [1.29, 1.82) is 0 Å². The molecule has 5 heterocycles. The highest BCUT2D eigenvalue weighted by Gasteiger charge is 2.63. The highest BCUT2D eigenvalue weighted by Crippen LogP contribution is 2.48. The quantitative estimate of drug-likeness (QED) is 0.645. The van der Waals surface area contributed by atoms with E-state index in [4.69, 9.17) is 0 Å². The number of hydrogen-bond donors (Lipinski definition) is 0. The van der Waals surface area contributed by atoms with Gasteiger partial charge in [-0.15, -0.1) is 0 Å². The first kappa shape index (κ1) is 17.8. The normalized spacial score (nSPS) is 42.0. The minimum Gasteiger partial charge on any atom is -0.272 e. The van der Waals surface area contributed by atoms with E-state index >= 15 is 0 Å². The van der Waals surface area contributed by atoms with Crippen LogP contribution in [0.15, 0.2) is 0 Å². The molecule has 0 bridgehead atoms. The van der Waals surface area contributed by atoms with Gasteiger partial charge in [-0.2, -0.15) is 0 Å². The van der Waals surface area contributed by atoms with Gasteiger partial charge in [-0.1, -0.05) is 0 Å². The highest BCUT2D eigenvalue weighted by atomic mass is 15.7. The molecule has 0 saturated carbocycles. The van der Waals surface area contributed by atoms with Gasteiger partial charge in [-0.3, -0.25) is 29.4 Å². The van der Waals surface area contributed by atoms with E-state index in [9.17, 15) is 0 Å². The summed E-state index contributed by atoms with van der Waals surface area (Å²) in [5.74, 6) is 0. The maximum Gasteiger partial charge on any atom is 0.122 e. The topological polar surface area (TPSA) is 19.4 Å². The maximum absolute atomic E-state index is 2.79. The summed E-state index contributed by atoms with van der Waals surface area (Å²) >= 11 is 0. The monoisotopic (exact) mass is 362 g/mol. The fraction of sp³-hybridized carbons (Fsp3) is 1.00. The number of rotatable bonds is 0. The van der Waals surface area contributed by atoms with Crippen LogP contribution in [-0.4, -0.2) is 104 Å². The first-order valence-electron chi connectivity index (χ1n) is 10.4. The van der Waals surface area contributed by atoms with Gasteiger partial charge in [-0.25, -0.2) is 0 Å². The van der Waals surface area contributed by atoms with E-state index in [0.29, 0.717) is 12.6 Å². The molecule has 0 N–H and O–H groups in total. The molecular weight excluding hydrogens is 324 g/mol. The zero-order valence-corrected chi connectivity index (χ0v) is 18.1. The molecule has 0 aliphatic carbocycles. The molecule has 6 nitrogen and oxygen atoms in total. The lowest BCUT2D eigenvalue weighted by molar-refractivity contribution is -0.155. The molecule has 26 heavy (non-hydrogen) atoms. The van der Waals surface area contributed by atoms with E-state index in [1.807, 2.05) is 0 Å². The molecular formula is C20H38N6. The highest BCUT2D eigenvalue weighted by molar-refractivity contribution is 5.12. The van der Waals surface area contributed by atoms with Gasteiger partial charge in [0, 0.05) is 48.3 Å². The summed E-state index contributed by atoms with van der Waals surface area (Å²) < 4.78 is 0. The lowest BCUT2D eigenvalue weighted by Gasteiger charge is -2.53. The molecule has 0 aromatic heterocycles. The Bertz CT molecular complexity index is 524. The van der Waals surface area contributed by atoms with Crippen LogP contribution in [0.2, 0.25) is 0 Å². The lowest BCUT2D eigenvalue weighted by Crippen LogP contribution is -2.68. The zero-order valence-electron chi connectivity index (χ0n) is 18.1. The van der Waals surface area contributed by atoms with Crippen molar-refractivity contribution in [3.63, 3.8) is 0 Å². The summed E-state index contributed by atoms with van der Waals surface area (Å²) in [4.78, 5) is 16.6. The second-order valence-corrected chi connectivity index (χ2v) is 11.9. The SMILES string of the molecule is CC1(C)CN2CC(C)(C)N3CN4C5N(CC(C)(C)N5CN1C23)CC4(C)C. The van der Waals surface area contributed by atoms with Crippen molar-refractivity contribution in [2.75, 3.05) is 39.5 Å². The first-order valence-corrected chi connectivity index (χ1v) is 10.4. The van der Waals surface area contributed by atoms with Gasteiger partial charge in [0.25, 0.3) is 0 Å². The molecule has 0 unspecified atom stereocenters. The molecule has 0 atom stereocenters. The van der Waals surface area contributed by atoms with Crippen LogP contribution in [0, 0.1) is 0 Å². The van der Waals surface area contributed by atoms with E-state index in [0.717, 1.165) is 13.3 Å². The van der Waals surface area contributed by atoms with Crippen molar-refractivity contribution in [2.45, 2.75) is 90.1 Å². The Labute approximate surface area is 159 Å². The lowest BCUT2D eigenvalue weighted by atomic mass is 9.99. The van der Waals surface area contributed by atoms with Crippen molar-refractivity contribution < 1.29 is 0 Å². The van der Waals surface area contributed by atoms with E-state index in [-0.39, 0.29) is 22.2 Å². The molecule has 5 fully saturated rings. The van der Waals surface area contributed by atoms with Crippen LogP contribution in [0.5, 0.6) is 0 Å². The van der Waals surface area contributed by atoms with Gasteiger partial charge in [0.1, 0.15) is 12.6 Å². The Kier molecular flexibility index (Phi) is 3.32. The summed E-state index contributed by atoms with van der Waals surface area (Å²) in [6, 6.07) is 0. The Balaban J connectivity index is 1.62. The van der Waals surface area contributed by atoms with Crippen LogP contribution in [0.25, 0.3) is 0 Å².